The van der Waals surface area contributed by atoms with E-state index in [0.717, 1.165) is 23.3 Å². The van der Waals surface area contributed by atoms with Gasteiger partial charge in [0.15, 0.2) is 0 Å². The molecule has 2 heterocycles. The van der Waals surface area contributed by atoms with Crippen molar-refractivity contribution in [3.8, 4) is 5.75 Å². The molecule has 7 heteroatoms. The molecule has 0 bridgehead atoms. The number of aryl methyl sites for hydroxylation is 2. The second-order valence-electron chi connectivity index (χ2n) is 9.32. The fraction of sp³-hybridized carbons (Fsp3) is 0.520. The third kappa shape index (κ3) is 5.44. The first kappa shape index (κ1) is 24.1. The summed E-state index contributed by atoms with van der Waals surface area (Å²) in [6, 6.07) is 7.84. The number of benzene rings is 1. The highest BCUT2D eigenvalue weighted by Gasteiger charge is 2.35. The van der Waals surface area contributed by atoms with Gasteiger partial charge in [0.2, 0.25) is 5.91 Å². The Hall–Kier alpha value is -2.54. The Morgan fingerprint density at radius 1 is 1.25 bits per heavy atom. The quantitative estimate of drug-likeness (QED) is 0.684. The van der Waals surface area contributed by atoms with Crippen molar-refractivity contribution in [1.29, 1.82) is 0 Å². The summed E-state index contributed by atoms with van der Waals surface area (Å²) in [6.07, 6.45) is 0.829. The lowest BCUT2D eigenvalue weighted by atomic mass is 10.00. The maximum Gasteiger partial charge on any atom is 0.318 e. The third-order valence-electron chi connectivity index (χ3n) is 5.82. The third-order valence-corrected chi connectivity index (χ3v) is 6.82. The van der Waals surface area contributed by atoms with Crippen molar-refractivity contribution >= 4 is 23.3 Å². The van der Waals surface area contributed by atoms with Gasteiger partial charge in [-0.25, -0.2) is 4.79 Å². The molecule has 1 aromatic heterocycles. The minimum atomic E-state index is -0.469. The molecule has 0 saturated heterocycles. The minimum Gasteiger partial charge on any atom is -0.491 e. The van der Waals surface area contributed by atoms with E-state index < -0.39 is 5.54 Å². The minimum absolute atomic E-state index is 0.0366. The molecule has 3 rings (SSSR count). The van der Waals surface area contributed by atoms with Gasteiger partial charge in [0, 0.05) is 23.5 Å². The zero-order valence-corrected chi connectivity index (χ0v) is 20.8. The van der Waals surface area contributed by atoms with Crippen LogP contribution in [-0.4, -0.2) is 53.5 Å². The Morgan fingerprint density at radius 3 is 2.66 bits per heavy atom. The summed E-state index contributed by atoms with van der Waals surface area (Å²) in [5, 5.41) is 4.92. The highest BCUT2D eigenvalue weighted by atomic mass is 32.1. The molecule has 0 radical (unpaired) electrons. The number of carbonyl (C=O) groups excluding carboxylic acids is 2. The van der Waals surface area contributed by atoms with Crippen LogP contribution < -0.4 is 10.1 Å². The van der Waals surface area contributed by atoms with Crippen LogP contribution in [-0.2, 0) is 11.2 Å². The standard InChI is InChI=1S/C25H35N3O3S/c1-7-26-24(30)28(25(4,5)6)15-23(29)27-12-10-22-19(11-13-32-22)20(27)16-31-21-9-8-17(2)14-18(21)3/h8-9,11,13-14,20H,7,10,12,15-16H2,1-6H3,(H,26,30). The zero-order chi connectivity index (χ0) is 23.5. The van der Waals surface area contributed by atoms with Crippen LogP contribution in [0.5, 0.6) is 5.75 Å². The van der Waals surface area contributed by atoms with Crippen LogP contribution in [0.25, 0.3) is 0 Å². The molecule has 1 aliphatic heterocycles. The van der Waals surface area contributed by atoms with Crippen molar-refractivity contribution < 1.29 is 14.3 Å². The molecule has 3 amide bonds. The van der Waals surface area contributed by atoms with E-state index in [-0.39, 0.29) is 24.5 Å². The lowest BCUT2D eigenvalue weighted by molar-refractivity contribution is -0.136. The van der Waals surface area contributed by atoms with Crippen LogP contribution in [0.3, 0.4) is 0 Å². The number of amides is 3. The van der Waals surface area contributed by atoms with Crippen LogP contribution in [0.1, 0.15) is 55.3 Å². The van der Waals surface area contributed by atoms with E-state index in [4.69, 9.17) is 4.74 Å². The van der Waals surface area contributed by atoms with Crippen LogP contribution in [0.4, 0.5) is 4.79 Å². The maximum atomic E-state index is 13.5. The summed E-state index contributed by atoms with van der Waals surface area (Å²) >= 11 is 1.73. The van der Waals surface area contributed by atoms with Gasteiger partial charge in [0.25, 0.3) is 0 Å². The van der Waals surface area contributed by atoms with E-state index >= 15 is 0 Å². The van der Waals surface area contributed by atoms with E-state index in [1.165, 1.54) is 10.4 Å². The first-order valence-electron chi connectivity index (χ1n) is 11.2. The van der Waals surface area contributed by atoms with Crippen molar-refractivity contribution in [3.05, 3.63) is 51.2 Å². The van der Waals surface area contributed by atoms with Crippen LogP contribution >= 0.6 is 11.3 Å². The monoisotopic (exact) mass is 457 g/mol. The molecule has 1 unspecified atom stereocenters. The smallest absolute Gasteiger partial charge is 0.318 e. The van der Waals surface area contributed by atoms with E-state index in [1.807, 2.05) is 51.7 Å². The van der Waals surface area contributed by atoms with E-state index in [0.29, 0.717) is 19.7 Å². The van der Waals surface area contributed by atoms with Gasteiger partial charge in [-0.3, -0.25) is 4.79 Å². The van der Waals surface area contributed by atoms with Gasteiger partial charge in [-0.05, 0) is 76.6 Å². The fourth-order valence-corrected chi connectivity index (χ4v) is 5.02. The van der Waals surface area contributed by atoms with Gasteiger partial charge in [0.05, 0.1) is 6.04 Å². The van der Waals surface area contributed by atoms with Crippen LogP contribution in [0.15, 0.2) is 29.6 Å². The molecule has 1 N–H and O–H groups in total. The van der Waals surface area contributed by atoms with Gasteiger partial charge >= 0.3 is 6.03 Å². The molecule has 0 fully saturated rings. The highest BCUT2D eigenvalue weighted by Crippen LogP contribution is 2.34. The largest absolute Gasteiger partial charge is 0.491 e. The van der Waals surface area contributed by atoms with Gasteiger partial charge in [0.1, 0.15) is 18.9 Å². The Bertz CT molecular complexity index is 964. The van der Waals surface area contributed by atoms with Gasteiger partial charge in [-0.1, -0.05) is 17.7 Å². The molecular formula is C25H35N3O3S. The summed E-state index contributed by atoms with van der Waals surface area (Å²) in [5.41, 5.74) is 2.96. The number of carbonyl (C=O) groups is 2. The number of nitrogens with zero attached hydrogens (tertiary/aromatic N) is 2. The Kier molecular flexibility index (Phi) is 7.49. The molecule has 1 atom stereocenters. The molecule has 174 valence electrons. The van der Waals surface area contributed by atoms with Crippen molar-refractivity contribution in [2.24, 2.45) is 0 Å². The Labute approximate surface area is 195 Å². The number of fused-ring (bicyclic) bond motifs is 1. The number of rotatable bonds is 6. The Balaban J connectivity index is 1.81. The lowest BCUT2D eigenvalue weighted by Crippen LogP contribution is -2.55. The van der Waals surface area contributed by atoms with Crippen molar-refractivity contribution in [1.82, 2.24) is 15.1 Å². The van der Waals surface area contributed by atoms with Crippen molar-refractivity contribution in [3.63, 3.8) is 0 Å². The fourth-order valence-electron chi connectivity index (χ4n) is 4.09. The topological polar surface area (TPSA) is 61.9 Å². The molecule has 0 spiro atoms. The molecule has 1 aromatic carbocycles. The number of urea groups is 1. The molecule has 0 aliphatic carbocycles. The number of ether oxygens (including phenoxy) is 1. The lowest BCUT2D eigenvalue weighted by Gasteiger charge is -2.40. The SMILES string of the molecule is CCNC(=O)N(CC(=O)N1CCc2sccc2C1COc1ccc(C)cc1C)C(C)(C)C. The van der Waals surface area contributed by atoms with E-state index in [9.17, 15) is 9.59 Å². The molecule has 32 heavy (non-hydrogen) atoms. The first-order chi connectivity index (χ1) is 15.1. The van der Waals surface area contributed by atoms with Gasteiger partial charge in [-0.2, -0.15) is 0 Å². The van der Waals surface area contributed by atoms with Gasteiger partial charge < -0.3 is 19.9 Å². The Morgan fingerprint density at radius 2 is 2.00 bits per heavy atom. The summed E-state index contributed by atoms with van der Waals surface area (Å²) in [5.74, 6) is 0.779. The second kappa shape index (κ2) is 9.94. The number of hydrogen-bond donors (Lipinski definition) is 1. The normalized spacial score (nSPS) is 15.8. The van der Waals surface area contributed by atoms with Crippen molar-refractivity contribution in [2.45, 2.75) is 59.5 Å². The predicted octanol–water partition coefficient (Wildman–Crippen LogP) is 4.70. The number of hydrogen-bond acceptors (Lipinski definition) is 4. The first-order valence-corrected chi connectivity index (χ1v) is 12.1. The molecule has 0 saturated carbocycles. The highest BCUT2D eigenvalue weighted by molar-refractivity contribution is 7.10. The second-order valence-corrected chi connectivity index (χ2v) is 10.3. The average Bonchev–Trinajstić information content (AvgIpc) is 3.19. The number of thiophene rings is 1. The number of nitrogens with one attached hydrogen (secondary N) is 1. The molecular weight excluding hydrogens is 422 g/mol. The van der Waals surface area contributed by atoms with E-state index in [2.05, 4.69) is 29.8 Å². The summed E-state index contributed by atoms with van der Waals surface area (Å²) < 4.78 is 6.21. The molecule has 1 aliphatic rings. The van der Waals surface area contributed by atoms with Crippen LogP contribution in [0.2, 0.25) is 0 Å². The maximum absolute atomic E-state index is 13.5. The molecule has 6 nitrogen and oxygen atoms in total. The predicted molar refractivity (Wildman–Crippen MR) is 129 cm³/mol. The van der Waals surface area contributed by atoms with Crippen molar-refractivity contribution in [2.75, 3.05) is 26.2 Å². The summed E-state index contributed by atoms with van der Waals surface area (Å²) in [4.78, 5) is 30.9. The molecule has 2 aromatic rings. The summed E-state index contributed by atoms with van der Waals surface area (Å²) in [6.45, 7) is 13.4. The van der Waals surface area contributed by atoms with Gasteiger partial charge in [-0.15, -0.1) is 11.3 Å². The average molecular weight is 458 g/mol. The zero-order valence-electron chi connectivity index (χ0n) is 20.0. The summed E-state index contributed by atoms with van der Waals surface area (Å²) in [7, 11) is 0. The van der Waals surface area contributed by atoms with E-state index in [1.54, 1.807) is 16.2 Å². The van der Waals surface area contributed by atoms with Crippen LogP contribution in [0, 0.1) is 13.8 Å².